The minimum absolute atomic E-state index is 0.206. The van der Waals surface area contributed by atoms with E-state index < -0.39 is 0 Å². The Morgan fingerprint density at radius 3 is 2.38 bits per heavy atom. The van der Waals surface area contributed by atoms with Crippen LogP contribution in [-0.4, -0.2) is 13.0 Å². The smallest absolute Gasteiger partial charge is 0.223 e. The van der Waals surface area contributed by atoms with Crippen molar-refractivity contribution in [3.63, 3.8) is 0 Å². The number of carbonyl (C=O) groups is 1. The second kappa shape index (κ2) is 1.77. The average molecular weight is 113 g/mol. The second-order valence-corrected chi connectivity index (χ2v) is 2.43. The number of hydrogen-bond donors (Lipinski definition) is 1. The van der Waals surface area contributed by atoms with Gasteiger partial charge in [-0.15, -0.1) is 0 Å². The molecule has 2 nitrogen and oxygen atoms in total. The molecule has 1 rings (SSSR count). The maximum atomic E-state index is 10.7. The fourth-order valence-electron chi connectivity index (χ4n) is 0.873. The highest BCUT2D eigenvalue weighted by molar-refractivity contribution is 5.81. The zero-order valence-electron chi connectivity index (χ0n) is 5.27. The molecule has 8 heavy (non-hydrogen) atoms. The molecule has 0 saturated heterocycles. The lowest BCUT2D eigenvalue weighted by Crippen LogP contribution is -2.19. The molecule has 0 aromatic rings. The molecule has 0 heterocycles. The van der Waals surface area contributed by atoms with Crippen molar-refractivity contribution < 1.29 is 4.79 Å². The molecular formula is C6H11NO. The molecule has 0 aliphatic heterocycles. The summed E-state index contributed by atoms with van der Waals surface area (Å²) in [6.45, 7) is 2.10. The first-order valence-electron chi connectivity index (χ1n) is 2.97. The molecule has 1 fully saturated rings. The first-order valence-corrected chi connectivity index (χ1v) is 2.97. The van der Waals surface area contributed by atoms with Crippen LogP contribution in [0.3, 0.4) is 0 Å². The van der Waals surface area contributed by atoms with Crippen LogP contribution in [0, 0.1) is 11.8 Å². The van der Waals surface area contributed by atoms with Crippen molar-refractivity contribution in [2.45, 2.75) is 13.3 Å². The molecule has 1 N–H and O–H groups in total. The predicted molar refractivity (Wildman–Crippen MR) is 31.3 cm³/mol. The van der Waals surface area contributed by atoms with Crippen molar-refractivity contribution in [2.24, 2.45) is 11.8 Å². The lowest BCUT2D eigenvalue weighted by molar-refractivity contribution is -0.122. The zero-order chi connectivity index (χ0) is 6.15. The molecule has 46 valence electrons. The molecule has 1 aliphatic rings. The summed E-state index contributed by atoms with van der Waals surface area (Å²) in [4.78, 5) is 10.7. The van der Waals surface area contributed by atoms with Crippen LogP contribution in [0.1, 0.15) is 13.3 Å². The Hall–Kier alpha value is -0.530. The highest BCUT2D eigenvalue weighted by Gasteiger charge is 2.38. The summed E-state index contributed by atoms with van der Waals surface area (Å²) in [5.74, 6) is 1.17. The minimum Gasteiger partial charge on any atom is -0.359 e. The first kappa shape index (κ1) is 5.60. The van der Waals surface area contributed by atoms with Gasteiger partial charge in [-0.2, -0.15) is 0 Å². The third-order valence-electron chi connectivity index (χ3n) is 1.69. The minimum atomic E-state index is 0.206. The Bertz CT molecular complexity index is 111. The molecule has 0 aromatic carbocycles. The van der Waals surface area contributed by atoms with Crippen LogP contribution in [-0.2, 0) is 4.79 Å². The van der Waals surface area contributed by atoms with Gasteiger partial charge in [0.05, 0.1) is 0 Å². The maximum absolute atomic E-state index is 10.7. The Kier molecular flexibility index (Phi) is 1.24. The van der Waals surface area contributed by atoms with Crippen molar-refractivity contribution in [1.29, 1.82) is 0 Å². The molecule has 1 amide bonds. The van der Waals surface area contributed by atoms with E-state index in [1.165, 1.54) is 0 Å². The topological polar surface area (TPSA) is 29.1 Å². The molecule has 1 aliphatic carbocycles. The van der Waals surface area contributed by atoms with Crippen LogP contribution in [0.25, 0.3) is 0 Å². The van der Waals surface area contributed by atoms with Crippen LogP contribution in [0.2, 0.25) is 0 Å². The largest absolute Gasteiger partial charge is 0.359 e. The van der Waals surface area contributed by atoms with E-state index in [4.69, 9.17) is 0 Å². The quantitative estimate of drug-likeness (QED) is 0.523. The fourth-order valence-corrected chi connectivity index (χ4v) is 0.873. The van der Waals surface area contributed by atoms with Crippen molar-refractivity contribution in [3.8, 4) is 0 Å². The Morgan fingerprint density at radius 1 is 1.75 bits per heavy atom. The molecule has 2 heteroatoms. The van der Waals surface area contributed by atoms with E-state index in [0.29, 0.717) is 11.8 Å². The van der Waals surface area contributed by atoms with Crippen molar-refractivity contribution in [3.05, 3.63) is 0 Å². The molecule has 2 atom stereocenters. The van der Waals surface area contributed by atoms with Gasteiger partial charge in [-0.3, -0.25) is 4.79 Å². The zero-order valence-corrected chi connectivity index (χ0v) is 5.27. The standard InChI is InChI=1S/C6H11NO/c1-4-3-5(4)6(8)7-2/h4-5H,3H2,1-2H3,(H,7,8)/t4?,5-/m1/s1. The molecule has 0 radical (unpaired) electrons. The summed E-state index contributed by atoms with van der Waals surface area (Å²) in [6.07, 6.45) is 1.08. The summed E-state index contributed by atoms with van der Waals surface area (Å²) < 4.78 is 0. The molecule has 0 aromatic heterocycles. The molecule has 1 saturated carbocycles. The van der Waals surface area contributed by atoms with Gasteiger partial charge in [0.15, 0.2) is 0 Å². The van der Waals surface area contributed by atoms with Gasteiger partial charge in [-0.25, -0.2) is 0 Å². The number of hydrogen-bond acceptors (Lipinski definition) is 1. The summed E-state index contributed by atoms with van der Waals surface area (Å²) in [6, 6.07) is 0. The van der Waals surface area contributed by atoms with Gasteiger partial charge in [0.2, 0.25) is 5.91 Å². The number of amides is 1. The van der Waals surface area contributed by atoms with Crippen LogP contribution >= 0.6 is 0 Å². The van der Waals surface area contributed by atoms with Gasteiger partial charge in [0.25, 0.3) is 0 Å². The molecule has 0 bridgehead atoms. The molecule has 1 unspecified atom stereocenters. The lowest BCUT2D eigenvalue weighted by Gasteiger charge is -1.91. The number of carbonyl (C=O) groups excluding carboxylic acids is 1. The van der Waals surface area contributed by atoms with Gasteiger partial charge in [0, 0.05) is 13.0 Å². The van der Waals surface area contributed by atoms with E-state index in [9.17, 15) is 4.79 Å². The van der Waals surface area contributed by atoms with E-state index in [1.807, 2.05) is 0 Å². The van der Waals surface area contributed by atoms with E-state index >= 15 is 0 Å². The van der Waals surface area contributed by atoms with Crippen molar-refractivity contribution in [2.75, 3.05) is 7.05 Å². The van der Waals surface area contributed by atoms with Gasteiger partial charge in [-0.1, -0.05) is 6.92 Å². The highest BCUT2D eigenvalue weighted by Crippen LogP contribution is 2.37. The van der Waals surface area contributed by atoms with E-state index in [0.717, 1.165) is 6.42 Å². The SMILES string of the molecule is CNC(=O)[C@@H]1CC1C. The Balaban J connectivity index is 2.28. The first-order chi connectivity index (χ1) is 3.75. The highest BCUT2D eigenvalue weighted by atomic mass is 16.1. The molecule has 0 spiro atoms. The monoisotopic (exact) mass is 113 g/mol. The van der Waals surface area contributed by atoms with Crippen LogP contribution in [0.15, 0.2) is 0 Å². The summed E-state index contributed by atoms with van der Waals surface area (Å²) in [7, 11) is 1.69. The predicted octanol–water partition coefficient (Wildman–Crippen LogP) is 0.388. The maximum Gasteiger partial charge on any atom is 0.223 e. The van der Waals surface area contributed by atoms with Crippen LogP contribution in [0.4, 0.5) is 0 Å². The van der Waals surface area contributed by atoms with Crippen LogP contribution < -0.4 is 5.32 Å². The van der Waals surface area contributed by atoms with Gasteiger partial charge >= 0.3 is 0 Å². The molecular weight excluding hydrogens is 102 g/mol. The lowest BCUT2D eigenvalue weighted by atomic mass is 10.3. The second-order valence-electron chi connectivity index (χ2n) is 2.43. The third kappa shape index (κ3) is 0.831. The summed E-state index contributed by atoms with van der Waals surface area (Å²) in [5, 5.41) is 2.62. The number of rotatable bonds is 1. The van der Waals surface area contributed by atoms with Crippen molar-refractivity contribution >= 4 is 5.91 Å². The van der Waals surface area contributed by atoms with E-state index in [-0.39, 0.29) is 5.91 Å². The normalized spacial score (nSPS) is 34.2. The van der Waals surface area contributed by atoms with Crippen molar-refractivity contribution in [1.82, 2.24) is 5.32 Å². The Morgan fingerprint density at radius 2 is 2.25 bits per heavy atom. The summed E-state index contributed by atoms with van der Waals surface area (Å²) in [5.41, 5.74) is 0. The van der Waals surface area contributed by atoms with Gasteiger partial charge in [0.1, 0.15) is 0 Å². The fraction of sp³-hybridized carbons (Fsp3) is 0.833. The van der Waals surface area contributed by atoms with E-state index in [2.05, 4.69) is 12.2 Å². The van der Waals surface area contributed by atoms with Crippen LogP contribution in [0.5, 0.6) is 0 Å². The third-order valence-corrected chi connectivity index (χ3v) is 1.69. The average Bonchev–Trinajstić information content (AvgIpc) is 2.45. The van der Waals surface area contributed by atoms with Gasteiger partial charge < -0.3 is 5.32 Å². The summed E-state index contributed by atoms with van der Waals surface area (Å²) >= 11 is 0. The Labute approximate surface area is 49.3 Å². The van der Waals surface area contributed by atoms with E-state index in [1.54, 1.807) is 7.05 Å². The number of nitrogens with one attached hydrogen (secondary N) is 1. The van der Waals surface area contributed by atoms with Gasteiger partial charge in [-0.05, 0) is 12.3 Å².